The maximum Gasteiger partial charge on any atom is 0.146 e. The van der Waals surface area contributed by atoms with Gasteiger partial charge in [-0.3, -0.25) is 9.59 Å². The van der Waals surface area contributed by atoms with Crippen molar-refractivity contribution in [3.05, 3.63) is 60.2 Å². The summed E-state index contributed by atoms with van der Waals surface area (Å²) in [6.07, 6.45) is 3.49. The van der Waals surface area contributed by atoms with Gasteiger partial charge < -0.3 is 0 Å². The molecule has 0 radical (unpaired) electrons. The summed E-state index contributed by atoms with van der Waals surface area (Å²) in [6, 6.07) is 12.2. The monoisotopic (exact) mass is 472 g/mol. The first-order valence-corrected chi connectivity index (χ1v) is 10.7. The van der Waals surface area contributed by atoms with Crippen molar-refractivity contribution >= 4 is 51.9 Å². The molecule has 0 N–H and O–H groups in total. The van der Waals surface area contributed by atoms with E-state index >= 15 is 0 Å². The smallest absolute Gasteiger partial charge is 0.146 e. The Morgan fingerprint density at radius 2 is 1.33 bits per heavy atom. The highest BCUT2D eigenvalue weighted by molar-refractivity contribution is 9.10. The number of hydrogen-bond donors (Lipinski definition) is 1. The van der Waals surface area contributed by atoms with Crippen LogP contribution in [0.25, 0.3) is 0 Å². The van der Waals surface area contributed by atoms with Gasteiger partial charge in [0.05, 0.1) is 10.1 Å². The number of carbonyl (C=O) groups excluding carboxylic acids is 2. The van der Waals surface area contributed by atoms with E-state index in [1.807, 2.05) is 0 Å². The largest absolute Gasteiger partial charge is 0.298 e. The predicted molar refractivity (Wildman–Crippen MR) is 111 cm³/mol. The number of carbonyl (C=O) groups is 2. The van der Waals surface area contributed by atoms with E-state index in [0.29, 0.717) is 18.0 Å². The molecule has 2 fully saturated rings. The van der Waals surface area contributed by atoms with Gasteiger partial charge in [-0.25, -0.2) is 8.78 Å². The molecule has 0 heterocycles. The molecule has 0 bridgehead atoms. The number of thiol groups is 1. The van der Waals surface area contributed by atoms with Crippen molar-refractivity contribution in [1.29, 1.82) is 0 Å². The molecule has 2 nitrogen and oxygen atoms in total. The Hall–Kier alpha value is -1.18. The van der Waals surface area contributed by atoms with Gasteiger partial charge in [0, 0.05) is 22.6 Å². The van der Waals surface area contributed by atoms with Crippen LogP contribution in [-0.2, 0) is 9.59 Å². The van der Waals surface area contributed by atoms with Gasteiger partial charge in [-0.05, 0) is 61.4 Å². The molecule has 27 heavy (non-hydrogen) atoms. The molecule has 2 aliphatic carbocycles. The molecule has 0 saturated heterocycles. The van der Waals surface area contributed by atoms with Crippen LogP contribution in [0, 0.1) is 11.6 Å². The topological polar surface area (TPSA) is 34.1 Å². The number of benzene rings is 2. The molecule has 7 heteroatoms. The molecule has 2 saturated carbocycles. The SMILES string of the molecule is Fc1ccc(S)cc1.O=C1CCC1Br.O=C1CCC1Sc1ccc(F)cc1. The van der Waals surface area contributed by atoms with E-state index in [-0.39, 0.29) is 21.7 Å². The number of thioether (sulfide) groups is 1. The van der Waals surface area contributed by atoms with Gasteiger partial charge in [0.15, 0.2) is 0 Å². The van der Waals surface area contributed by atoms with Gasteiger partial charge in [-0.2, -0.15) is 0 Å². The fraction of sp³-hybridized carbons (Fsp3) is 0.300. The van der Waals surface area contributed by atoms with Crippen molar-refractivity contribution in [2.45, 2.75) is 45.6 Å². The third kappa shape index (κ3) is 7.76. The Kier molecular flexibility index (Phi) is 8.99. The Morgan fingerprint density at radius 1 is 0.852 bits per heavy atom. The van der Waals surface area contributed by atoms with Gasteiger partial charge in [-0.1, -0.05) is 15.9 Å². The minimum Gasteiger partial charge on any atom is -0.298 e. The van der Waals surface area contributed by atoms with E-state index in [2.05, 4.69) is 28.6 Å². The Balaban J connectivity index is 0.000000159. The second-order valence-corrected chi connectivity index (χ2v) is 8.91. The number of ketones is 2. The van der Waals surface area contributed by atoms with Crippen LogP contribution >= 0.6 is 40.3 Å². The minimum atomic E-state index is -0.232. The third-order valence-corrected chi connectivity index (χ3v) is 6.52. The first kappa shape index (κ1) is 22.1. The summed E-state index contributed by atoms with van der Waals surface area (Å²) in [5.74, 6) is 0.219. The fourth-order valence-corrected chi connectivity index (χ4v) is 3.71. The van der Waals surface area contributed by atoms with Crippen molar-refractivity contribution in [2.75, 3.05) is 0 Å². The van der Waals surface area contributed by atoms with Gasteiger partial charge >= 0.3 is 0 Å². The van der Waals surface area contributed by atoms with E-state index < -0.39 is 0 Å². The second-order valence-electron chi connectivity index (χ2n) is 6.01. The molecule has 2 aromatic rings. The molecule has 2 aromatic carbocycles. The zero-order valence-electron chi connectivity index (χ0n) is 14.4. The molecule has 0 aromatic heterocycles. The zero-order chi connectivity index (χ0) is 19.8. The first-order valence-electron chi connectivity index (χ1n) is 8.41. The summed E-state index contributed by atoms with van der Waals surface area (Å²) in [7, 11) is 0. The Labute approximate surface area is 175 Å². The van der Waals surface area contributed by atoms with Crippen molar-refractivity contribution in [1.82, 2.24) is 0 Å². The molecular weight excluding hydrogens is 454 g/mol. The summed E-state index contributed by atoms with van der Waals surface area (Å²) in [5, 5.41) is 0.116. The highest BCUT2D eigenvalue weighted by atomic mass is 79.9. The van der Waals surface area contributed by atoms with Gasteiger partial charge in [-0.15, -0.1) is 24.4 Å². The lowest BCUT2D eigenvalue weighted by Gasteiger charge is -2.22. The standard InChI is InChI=1S/C10H9FOS.C6H5FS.C4H5BrO/c11-7-1-3-8(4-2-7)13-10-6-5-9(10)12;7-5-1-3-6(8)4-2-5;5-3-1-2-4(3)6/h1-4,10H,5-6H2;1-4,8H;3H,1-2H2. The zero-order valence-corrected chi connectivity index (χ0v) is 17.7. The number of rotatable bonds is 2. The number of alkyl halides is 1. The number of halogens is 3. The fourth-order valence-electron chi connectivity index (χ4n) is 1.99. The molecule has 0 spiro atoms. The van der Waals surface area contributed by atoms with Crippen LogP contribution < -0.4 is 0 Å². The molecular formula is C20H19BrF2O2S2. The van der Waals surface area contributed by atoms with Crippen LogP contribution in [0.4, 0.5) is 8.78 Å². The molecule has 2 unspecified atom stereocenters. The second kappa shape index (κ2) is 11.0. The van der Waals surface area contributed by atoms with E-state index in [4.69, 9.17) is 0 Å². The number of Topliss-reactive ketones (excluding diaryl/α,β-unsaturated/α-hetero) is 2. The Morgan fingerprint density at radius 3 is 1.63 bits per heavy atom. The van der Waals surface area contributed by atoms with Crippen LogP contribution in [0.5, 0.6) is 0 Å². The van der Waals surface area contributed by atoms with Crippen LogP contribution in [0.15, 0.2) is 58.3 Å². The Bertz CT molecular complexity index is 746. The highest BCUT2D eigenvalue weighted by Crippen LogP contribution is 2.33. The molecule has 0 aliphatic heterocycles. The summed E-state index contributed by atoms with van der Waals surface area (Å²) in [4.78, 5) is 23.2. The average molecular weight is 473 g/mol. The average Bonchev–Trinajstić information content (AvgIpc) is 2.68. The normalized spacial score (nSPS) is 20.3. The number of hydrogen-bond acceptors (Lipinski definition) is 4. The summed E-state index contributed by atoms with van der Waals surface area (Å²) in [6.45, 7) is 0. The lowest BCUT2D eigenvalue weighted by molar-refractivity contribution is -0.123. The molecule has 2 atom stereocenters. The highest BCUT2D eigenvalue weighted by Gasteiger charge is 2.28. The van der Waals surface area contributed by atoms with E-state index in [1.54, 1.807) is 24.3 Å². The molecule has 0 amide bonds. The van der Waals surface area contributed by atoms with Gasteiger partial charge in [0.25, 0.3) is 0 Å². The molecule has 144 valence electrons. The van der Waals surface area contributed by atoms with Crippen molar-refractivity contribution in [3.8, 4) is 0 Å². The van der Waals surface area contributed by atoms with Gasteiger partial charge in [0.2, 0.25) is 0 Å². The van der Waals surface area contributed by atoms with Crippen LogP contribution in [-0.4, -0.2) is 21.6 Å². The predicted octanol–water partition coefficient (Wildman–Crippen LogP) is 5.88. The van der Waals surface area contributed by atoms with E-state index in [9.17, 15) is 18.4 Å². The summed E-state index contributed by atoms with van der Waals surface area (Å²) < 4.78 is 24.6. The summed E-state index contributed by atoms with van der Waals surface area (Å²) >= 11 is 8.67. The first-order chi connectivity index (χ1) is 12.8. The lowest BCUT2D eigenvalue weighted by Crippen LogP contribution is -2.27. The van der Waals surface area contributed by atoms with Crippen LogP contribution in [0.1, 0.15) is 25.7 Å². The maximum absolute atomic E-state index is 12.5. The van der Waals surface area contributed by atoms with Crippen molar-refractivity contribution < 1.29 is 18.4 Å². The van der Waals surface area contributed by atoms with E-state index in [1.165, 1.54) is 36.0 Å². The quantitative estimate of drug-likeness (QED) is 0.437. The minimum absolute atomic E-state index is 0.116. The lowest BCUT2D eigenvalue weighted by atomic mass is 9.98. The van der Waals surface area contributed by atoms with Crippen LogP contribution in [0.3, 0.4) is 0 Å². The summed E-state index contributed by atoms with van der Waals surface area (Å²) in [5.41, 5.74) is 0. The third-order valence-electron chi connectivity index (χ3n) is 3.92. The molecule has 4 rings (SSSR count). The van der Waals surface area contributed by atoms with Gasteiger partial charge in [0.1, 0.15) is 23.2 Å². The molecule has 2 aliphatic rings. The van der Waals surface area contributed by atoms with Crippen molar-refractivity contribution in [3.63, 3.8) is 0 Å². The van der Waals surface area contributed by atoms with Crippen molar-refractivity contribution in [2.24, 2.45) is 0 Å². The maximum atomic E-state index is 12.5. The van der Waals surface area contributed by atoms with E-state index in [0.717, 1.165) is 29.1 Å². The van der Waals surface area contributed by atoms with Crippen LogP contribution in [0.2, 0.25) is 0 Å².